The van der Waals surface area contributed by atoms with Crippen molar-refractivity contribution in [2.75, 3.05) is 46.4 Å². The summed E-state index contributed by atoms with van der Waals surface area (Å²) in [5.74, 6) is 0.392. The summed E-state index contributed by atoms with van der Waals surface area (Å²) in [4.78, 5) is 18.8. The van der Waals surface area contributed by atoms with E-state index in [1.165, 1.54) is 7.11 Å². The molecule has 0 aliphatic carbocycles. The first-order chi connectivity index (χ1) is 15.7. The van der Waals surface area contributed by atoms with E-state index in [2.05, 4.69) is 15.7 Å². The van der Waals surface area contributed by atoms with Gasteiger partial charge in [-0.2, -0.15) is 10.0 Å². The van der Waals surface area contributed by atoms with E-state index in [9.17, 15) is 4.79 Å². The summed E-state index contributed by atoms with van der Waals surface area (Å²) >= 11 is 0. The van der Waals surface area contributed by atoms with Crippen molar-refractivity contribution in [3.63, 3.8) is 0 Å². The number of Topliss-reactive ketones (excluding diaryl/α,β-unsaturated/α-hetero) is 1. The van der Waals surface area contributed by atoms with Gasteiger partial charge < -0.3 is 26.4 Å². The molecule has 8 N–H and O–H groups in total. The van der Waals surface area contributed by atoms with Gasteiger partial charge in [-0.25, -0.2) is 10.8 Å². The average molecular weight is 466 g/mol. The molecular formula is C19H35N11O3+2. The SMILES string of the molecule is CON=C1CCN(C(=N[N+]2(C(=N)N)CCC(=NO)CC2)N[N+]2(C(=N)N)CCC(=O)CC2)CC1. The Balaban J connectivity index is 1.96. The van der Waals surface area contributed by atoms with Crippen LogP contribution in [0, 0.1) is 10.8 Å². The first kappa shape index (κ1) is 24.4. The van der Waals surface area contributed by atoms with E-state index in [1.807, 2.05) is 4.90 Å². The van der Waals surface area contributed by atoms with E-state index in [-0.39, 0.29) is 26.9 Å². The third-order valence-corrected chi connectivity index (χ3v) is 6.60. The highest BCUT2D eigenvalue weighted by Gasteiger charge is 2.43. The Labute approximate surface area is 192 Å². The molecule has 0 aromatic carbocycles. The Morgan fingerprint density at radius 3 is 2.09 bits per heavy atom. The molecular weight excluding hydrogens is 430 g/mol. The van der Waals surface area contributed by atoms with Gasteiger partial charge in [-0.05, 0) is 5.10 Å². The highest BCUT2D eigenvalue weighted by molar-refractivity contribution is 5.89. The van der Waals surface area contributed by atoms with Crippen LogP contribution in [0.15, 0.2) is 15.4 Å². The maximum Gasteiger partial charge on any atom is 0.319 e. The number of nitrogens with two attached hydrogens (primary N) is 2. The number of nitrogens with one attached hydrogen (secondary N) is 3. The van der Waals surface area contributed by atoms with Crippen LogP contribution in [0.1, 0.15) is 38.5 Å². The number of piperidine rings is 3. The number of nitrogens with zero attached hydrogens (tertiary/aromatic N) is 6. The third kappa shape index (κ3) is 5.39. The molecule has 3 aliphatic heterocycles. The smallest absolute Gasteiger partial charge is 0.319 e. The first-order valence-corrected chi connectivity index (χ1v) is 11.1. The lowest BCUT2D eigenvalue weighted by Crippen LogP contribution is -2.71. The van der Waals surface area contributed by atoms with Crippen molar-refractivity contribution in [2.45, 2.75) is 38.5 Å². The second kappa shape index (κ2) is 10.1. The molecule has 0 aromatic rings. The molecule has 3 aliphatic rings. The Bertz CT molecular complexity index is 852. The van der Waals surface area contributed by atoms with E-state index in [0.29, 0.717) is 89.5 Å². The van der Waals surface area contributed by atoms with E-state index in [4.69, 9.17) is 37.4 Å². The largest absolute Gasteiger partial charge is 0.411 e. The molecule has 3 heterocycles. The van der Waals surface area contributed by atoms with Crippen molar-refractivity contribution in [3.05, 3.63) is 0 Å². The molecule has 3 fully saturated rings. The van der Waals surface area contributed by atoms with Crippen LogP contribution in [0.5, 0.6) is 0 Å². The summed E-state index contributed by atoms with van der Waals surface area (Å²) in [6.45, 7) is 2.65. The number of rotatable bonds is 2. The molecule has 0 atom stereocenters. The number of likely N-dealkylation sites (tertiary alicyclic amines) is 3. The van der Waals surface area contributed by atoms with Crippen LogP contribution >= 0.6 is 0 Å². The molecule has 0 aromatic heterocycles. The van der Waals surface area contributed by atoms with Gasteiger partial charge in [0.1, 0.15) is 39.1 Å². The van der Waals surface area contributed by atoms with Gasteiger partial charge in [0.15, 0.2) is 0 Å². The summed E-state index contributed by atoms with van der Waals surface area (Å²) in [6.07, 6.45) is 2.89. The minimum atomic E-state index is -0.145. The number of guanidine groups is 3. The maximum absolute atomic E-state index is 11.9. The number of ketones is 1. The Kier molecular flexibility index (Phi) is 7.48. The minimum absolute atomic E-state index is 0.0820. The van der Waals surface area contributed by atoms with Crippen molar-refractivity contribution >= 4 is 35.1 Å². The Morgan fingerprint density at radius 1 is 1.00 bits per heavy atom. The number of quaternary nitrogens is 2. The van der Waals surface area contributed by atoms with Crippen molar-refractivity contribution in [1.29, 1.82) is 10.8 Å². The summed E-state index contributed by atoms with van der Waals surface area (Å²) in [7, 11) is 1.52. The van der Waals surface area contributed by atoms with Gasteiger partial charge in [-0.1, -0.05) is 10.3 Å². The van der Waals surface area contributed by atoms with Gasteiger partial charge in [-0.15, -0.1) is 4.59 Å². The predicted octanol–water partition coefficient (Wildman–Crippen LogP) is -0.732. The van der Waals surface area contributed by atoms with E-state index < -0.39 is 0 Å². The summed E-state index contributed by atoms with van der Waals surface area (Å²) in [5.41, 5.74) is 17.0. The standard InChI is InChI=1S/C19H34N11O3/c1-33-27-15-2-8-28(9-3-15)19(25-30(18(22)23)12-6-16(31)7-13-30)24-29(17(20)21)10-4-14(26-32)5-11-29/h2-13H2,1H3,(H7-,20,21,22,23,24,25,32)/q+1/p+1. The molecule has 3 rings (SSSR count). The summed E-state index contributed by atoms with van der Waals surface area (Å²) in [6, 6.07) is 0. The summed E-state index contributed by atoms with van der Waals surface area (Å²) < 4.78 is -0.227. The Morgan fingerprint density at radius 2 is 1.61 bits per heavy atom. The second-order valence-electron chi connectivity index (χ2n) is 8.62. The van der Waals surface area contributed by atoms with Crippen molar-refractivity contribution in [1.82, 2.24) is 10.3 Å². The van der Waals surface area contributed by atoms with Crippen LogP contribution in [-0.2, 0) is 9.63 Å². The van der Waals surface area contributed by atoms with Crippen LogP contribution in [0.4, 0.5) is 0 Å². The maximum atomic E-state index is 11.9. The zero-order chi connectivity index (χ0) is 24.1. The van der Waals surface area contributed by atoms with Crippen LogP contribution in [0.25, 0.3) is 0 Å². The third-order valence-electron chi connectivity index (χ3n) is 6.60. The van der Waals surface area contributed by atoms with Crippen LogP contribution < -0.4 is 16.9 Å². The lowest BCUT2D eigenvalue weighted by Gasteiger charge is -2.42. The fourth-order valence-corrected chi connectivity index (χ4v) is 4.37. The topological polar surface area (TPSA) is 199 Å². The molecule has 182 valence electrons. The number of carbonyl (C=O) groups excluding carboxylic acids is 1. The Hall–Kier alpha value is -3.26. The summed E-state index contributed by atoms with van der Waals surface area (Å²) in [5, 5.41) is 38.0. The second-order valence-corrected chi connectivity index (χ2v) is 8.62. The molecule has 0 spiro atoms. The quantitative estimate of drug-likeness (QED) is 0.101. The number of oxime groups is 2. The zero-order valence-electron chi connectivity index (χ0n) is 19.1. The molecule has 0 saturated carbocycles. The molecule has 0 unspecified atom stereocenters. The van der Waals surface area contributed by atoms with Crippen molar-refractivity contribution in [3.8, 4) is 0 Å². The van der Waals surface area contributed by atoms with Gasteiger partial charge in [-0.3, -0.25) is 4.79 Å². The highest BCUT2D eigenvalue weighted by atomic mass is 16.6. The molecule has 0 radical (unpaired) electrons. The average Bonchev–Trinajstić information content (AvgIpc) is 2.81. The van der Waals surface area contributed by atoms with E-state index in [1.54, 1.807) is 0 Å². The highest BCUT2D eigenvalue weighted by Crippen LogP contribution is 2.21. The van der Waals surface area contributed by atoms with Crippen LogP contribution in [-0.4, -0.2) is 101 Å². The zero-order valence-corrected chi connectivity index (χ0v) is 19.1. The molecule has 0 amide bonds. The first-order valence-electron chi connectivity index (χ1n) is 11.1. The van der Waals surface area contributed by atoms with E-state index in [0.717, 1.165) is 5.71 Å². The van der Waals surface area contributed by atoms with E-state index >= 15 is 0 Å². The number of hydrogen-bond acceptors (Lipinski definition) is 8. The molecule has 0 bridgehead atoms. The van der Waals surface area contributed by atoms with Gasteiger partial charge in [0, 0.05) is 38.8 Å². The van der Waals surface area contributed by atoms with Gasteiger partial charge >= 0.3 is 11.9 Å². The van der Waals surface area contributed by atoms with Crippen LogP contribution in [0.3, 0.4) is 0 Å². The predicted molar refractivity (Wildman–Crippen MR) is 122 cm³/mol. The molecule has 3 saturated heterocycles. The fraction of sp³-hybridized carbons (Fsp3) is 0.684. The minimum Gasteiger partial charge on any atom is -0.411 e. The number of hydrogen-bond donors (Lipinski definition) is 6. The van der Waals surface area contributed by atoms with Crippen LogP contribution in [0.2, 0.25) is 0 Å². The molecule has 33 heavy (non-hydrogen) atoms. The monoisotopic (exact) mass is 465 g/mol. The number of carbonyl (C=O) groups is 1. The fourth-order valence-electron chi connectivity index (χ4n) is 4.37. The molecule has 14 heteroatoms. The van der Waals surface area contributed by atoms with Gasteiger partial charge in [0.05, 0.1) is 24.3 Å². The van der Waals surface area contributed by atoms with Crippen molar-refractivity contribution < 1.29 is 24.0 Å². The lowest BCUT2D eigenvalue weighted by molar-refractivity contribution is -0.883. The molecule has 14 nitrogen and oxygen atoms in total. The van der Waals surface area contributed by atoms with Gasteiger partial charge in [0.2, 0.25) is 0 Å². The normalized spacial score (nSPS) is 25.9. The lowest BCUT2D eigenvalue weighted by atomic mass is 10.1. The van der Waals surface area contributed by atoms with Crippen molar-refractivity contribution in [2.24, 2.45) is 26.9 Å². The van der Waals surface area contributed by atoms with Gasteiger partial charge in [0.25, 0.3) is 5.96 Å².